The average Bonchev–Trinajstić information content (AvgIpc) is 2.68. The highest BCUT2D eigenvalue weighted by molar-refractivity contribution is 5.49. The van der Waals surface area contributed by atoms with Gasteiger partial charge in [-0.05, 0) is 69.7 Å². The number of carbonyl (C=O) groups is 1. The molecule has 3 N–H and O–H groups in total. The molecule has 1 aliphatic rings. The summed E-state index contributed by atoms with van der Waals surface area (Å²) in [7, 11) is 1.89. The van der Waals surface area contributed by atoms with Gasteiger partial charge in [0, 0.05) is 24.8 Å². The van der Waals surface area contributed by atoms with Crippen molar-refractivity contribution in [2.24, 2.45) is 10.9 Å². The lowest BCUT2D eigenvalue weighted by atomic mass is 9.92. The first-order chi connectivity index (χ1) is 13.5. The van der Waals surface area contributed by atoms with Crippen LogP contribution in [0.25, 0.3) is 0 Å². The molecule has 3 atom stereocenters. The number of aliphatic imine (C=N–C) groups is 1. The summed E-state index contributed by atoms with van der Waals surface area (Å²) in [4.78, 5) is 14.8. The van der Waals surface area contributed by atoms with Crippen LogP contribution in [0.4, 0.5) is 0 Å². The molecule has 5 nitrogen and oxygen atoms in total. The van der Waals surface area contributed by atoms with E-state index in [1.807, 2.05) is 27.0 Å². The van der Waals surface area contributed by atoms with Crippen molar-refractivity contribution in [1.82, 2.24) is 16.0 Å². The van der Waals surface area contributed by atoms with Crippen LogP contribution in [0, 0.1) is 5.92 Å². The van der Waals surface area contributed by atoms with Gasteiger partial charge in [-0.2, -0.15) is 0 Å². The molecule has 0 saturated heterocycles. The van der Waals surface area contributed by atoms with Crippen LogP contribution in [-0.4, -0.2) is 38.8 Å². The summed E-state index contributed by atoms with van der Waals surface area (Å²) in [5, 5.41) is 9.56. The molecule has 0 heterocycles. The minimum Gasteiger partial charge on any atom is -0.383 e. The first-order valence-corrected chi connectivity index (χ1v) is 9.60. The van der Waals surface area contributed by atoms with Gasteiger partial charge in [-0.25, -0.2) is 0 Å². The SMILES string of the molecule is C=CC(/C(C)=C/C(=C\N=C)NCC1C=CC=CC1)=C(/C)C(NC)C(C)NC=O. The third kappa shape index (κ3) is 7.16. The maximum absolute atomic E-state index is 10.8. The molecule has 1 rings (SSSR count). The number of amides is 1. The second-order valence-electron chi connectivity index (χ2n) is 6.92. The number of hydrogen-bond acceptors (Lipinski definition) is 4. The van der Waals surface area contributed by atoms with Gasteiger partial charge in [0.25, 0.3) is 0 Å². The van der Waals surface area contributed by atoms with Crippen LogP contribution in [0.3, 0.4) is 0 Å². The molecular weight excluding hydrogens is 348 g/mol. The van der Waals surface area contributed by atoms with Crippen molar-refractivity contribution in [3.8, 4) is 0 Å². The highest BCUT2D eigenvalue weighted by Gasteiger charge is 2.19. The van der Waals surface area contributed by atoms with Crippen molar-refractivity contribution in [2.45, 2.75) is 39.3 Å². The Morgan fingerprint density at radius 2 is 2.11 bits per heavy atom. The lowest BCUT2D eigenvalue weighted by Crippen LogP contribution is -2.45. The van der Waals surface area contributed by atoms with Crippen LogP contribution in [0.1, 0.15) is 27.2 Å². The average molecular weight is 383 g/mol. The highest BCUT2D eigenvalue weighted by atomic mass is 16.1. The van der Waals surface area contributed by atoms with Crippen LogP contribution < -0.4 is 16.0 Å². The molecule has 1 amide bonds. The molecule has 0 aromatic heterocycles. The highest BCUT2D eigenvalue weighted by Crippen LogP contribution is 2.21. The zero-order valence-electron chi connectivity index (χ0n) is 17.5. The molecular formula is C23H34N4O. The molecule has 0 aromatic rings. The lowest BCUT2D eigenvalue weighted by Gasteiger charge is -2.26. The summed E-state index contributed by atoms with van der Waals surface area (Å²) < 4.78 is 0. The number of nitrogens with zero attached hydrogens (tertiary/aromatic N) is 1. The monoisotopic (exact) mass is 382 g/mol. The van der Waals surface area contributed by atoms with Crippen LogP contribution in [-0.2, 0) is 4.79 Å². The van der Waals surface area contributed by atoms with Crippen molar-refractivity contribution >= 4 is 13.1 Å². The lowest BCUT2D eigenvalue weighted by molar-refractivity contribution is -0.110. The first-order valence-electron chi connectivity index (χ1n) is 9.60. The fourth-order valence-electron chi connectivity index (χ4n) is 3.42. The van der Waals surface area contributed by atoms with Crippen LogP contribution >= 0.6 is 0 Å². The second kappa shape index (κ2) is 12.7. The maximum atomic E-state index is 10.8. The van der Waals surface area contributed by atoms with E-state index in [9.17, 15) is 4.79 Å². The molecule has 0 spiro atoms. The minimum atomic E-state index is -0.0422. The summed E-state index contributed by atoms with van der Waals surface area (Å²) in [5.74, 6) is 0.465. The van der Waals surface area contributed by atoms with E-state index in [0.29, 0.717) is 5.92 Å². The Balaban J connectivity index is 3.04. The minimum absolute atomic E-state index is 0.00127. The summed E-state index contributed by atoms with van der Waals surface area (Å²) >= 11 is 0. The Morgan fingerprint density at radius 3 is 2.64 bits per heavy atom. The van der Waals surface area contributed by atoms with Crippen molar-refractivity contribution in [1.29, 1.82) is 0 Å². The number of likely N-dealkylation sites (N-methyl/N-ethyl adjacent to an activating group) is 1. The fraction of sp³-hybridized carbons (Fsp3) is 0.391. The largest absolute Gasteiger partial charge is 0.383 e. The number of hydrogen-bond donors (Lipinski definition) is 3. The normalized spacial score (nSPS) is 20.1. The molecule has 28 heavy (non-hydrogen) atoms. The van der Waals surface area contributed by atoms with E-state index in [0.717, 1.165) is 41.8 Å². The zero-order valence-corrected chi connectivity index (χ0v) is 17.5. The van der Waals surface area contributed by atoms with Gasteiger partial charge in [0.15, 0.2) is 0 Å². The van der Waals surface area contributed by atoms with Crippen molar-refractivity contribution in [2.75, 3.05) is 13.6 Å². The first kappa shape index (κ1) is 23.4. The van der Waals surface area contributed by atoms with E-state index in [1.165, 1.54) is 0 Å². The summed E-state index contributed by atoms with van der Waals surface area (Å²) in [6.45, 7) is 14.5. The smallest absolute Gasteiger partial charge is 0.207 e. The summed E-state index contributed by atoms with van der Waals surface area (Å²) in [6.07, 6.45) is 15.9. The molecule has 0 aliphatic heterocycles. The van der Waals surface area contributed by atoms with Crippen LogP contribution in [0.5, 0.6) is 0 Å². The molecule has 5 heteroatoms. The molecule has 1 aliphatic carbocycles. The van der Waals surface area contributed by atoms with E-state index in [2.05, 4.69) is 71.5 Å². The van der Waals surface area contributed by atoms with Crippen molar-refractivity contribution in [3.63, 3.8) is 0 Å². The van der Waals surface area contributed by atoms with E-state index in [-0.39, 0.29) is 12.1 Å². The zero-order chi connectivity index (χ0) is 20.9. The Hall–Kier alpha value is -2.66. The topological polar surface area (TPSA) is 65.5 Å². The quantitative estimate of drug-likeness (QED) is 0.275. The maximum Gasteiger partial charge on any atom is 0.207 e. The molecule has 0 saturated carbocycles. The van der Waals surface area contributed by atoms with Gasteiger partial charge in [-0.1, -0.05) is 37.0 Å². The molecule has 0 bridgehead atoms. The predicted octanol–water partition coefficient (Wildman–Crippen LogP) is 3.42. The number of nitrogens with one attached hydrogen (secondary N) is 3. The van der Waals surface area contributed by atoms with Crippen LogP contribution in [0.2, 0.25) is 0 Å². The summed E-state index contributed by atoms with van der Waals surface area (Å²) in [6, 6.07) is -0.0435. The van der Waals surface area contributed by atoms with Gasteiger partial charge in [-0.3, -0.25) is 9.79 Å². The van der Waals surface area contributed by atoms with E-state index in [4.69, 9.17) is 0 Å². The van der Waals surface area contributed by atoms with E-state index >= 15 is 0 Å². The van der Waals surface area contributed by atoms with E-state index < -0.39 is 0 Å². The van der Waals surface area contributed by atoms with Crippen molar-refractivity contribution in [3.05, 3.63) is 71.7 Å². The Labute approximate surface area is 169 Å². The molecule has 0 fully saturated rings. The second-order valence-corrected chi connectivity index (χ2v) is 6.92. The predicted molar refractivity (Wildman–Crippen MR) is 120 cm³/mol. The van der Waals surface area contributed by atoms with Gasteiger partial charge in [0.05, 0.1) is 5.70 Å². The number of allylic oxidation sites excluding steroid dienone is 7. The molecule has 0 aromatic carbocycles. The Kier molecular flexibility index (Phi) is 10.6. The summed E-state index contributed by atoms with van der Waals surface area (Å²) in [5.41, 5.74) is 4.12. The van der Waals surface area contributed by atoms with Crippen molar-refractivity contribution < 1.29 is 4.79 Å². The van der Waals surface area contributed by atoms with Gasteiger partial charge in [0.1, 0.15) is 0 Å². The molecule has 152 valence electrons. The fourth-order valence-corrected chi connectivity index (χ4v) is 3.42. The molecule has 0 radical (unpaired) electrons. The van der Waals surface area contributed by atoms with Gasteiger partial charge in [0.2, 0.25) is 6.41 Å². The van der Waals surface area contributed by atoms with Crippen LogP contribution in [0.15, 0.2) is 76.6 Å². The van der Waals surface area contributed by atoms with Gasteiger partial charge >= 0.3 is 0 Å². The van der Waals surface area contributed by atoms with E-state index in [1.54, 1.807) is 6.20 Å². The number of carbonyl (C=O) groups excluding carboxylic acids is 1. The Morgan fingerprint density at radius 1 is 1.36 bits per heavy atom. The third-order valence-electron chi connectivity index (χ3n) is 4.90. The Bertz CT molecular complexity index is 697. The van der Waals surface area contributed by atoms with Gasteiger partial charge in [-0.15, -0.1) is 0 Å². The third-order valence-corrected chi connectivity index (χ3v) is 4.90. The van der Waals surface area contributed by atoms with Gasteiger partial charge < -0.3 is 16.0 Å². The number of rotatable bonds is 12. The molecule has 3 unspecified atom stereocenters. The standard InChI is InChI=1S/C23H34N4O/c1-7-22(18(3)23(25-6)19(4)27-16-28)17(2)13-21(15-24-5)26-14-20-11-9-8-10-12-20/h7-11,13,15-16,19-20,23,25-26H,1,5,12,14H2,2-4,6H3,(H,27,28)/b17-13+,21-15+,22-18+.